The number of aromatic amines is 1. The van der Waals surface area contributed by atoms with Crippen molar-refractivity contribution in [3.63, 3.8) is 0 Å². The Morgan fingerprint density at radius 1 is 1.05 bits per heavy atom. The summed E-state index contributed by atoms with van der Waals surface area (Å²) >= 11 is 0. The molecule has 0 aliphatic carbocycles. The maximum atomic E-state index is 12.1. The molecule has 0 saturated carbocycles. The molecular weight excluding hydrogens is 294 g/mol. The Labute approximate surface area is 120 Å². The third-order valence-electron chi connectivity index (χ3n) is 2.82. The highest BCUT2D eigenvalue weighted by atomic mass is 32.2. The van der Waals surface area contributed by atoms with E-state index in [1.54, 1.807) is 42.5 Å². The van der Waals surface area contributed by atoms with Gasteiger partial charge in [0.1, 0.15) is 11.3 Å². The van der Waals surface area contributed by atoms with Crippen LogP contribution in [0, 0.1) is 0 Å². The molecule has 0 aliphatic rings. The fraction of sp³-hybridized carbons (Fsp3) is 0.0714. The van der Waals surface area contributed by atoms with E-state index in [9.17, 15) is 13.2 Å². The molecule has 1 aromatic heterocycles. The fourth-order valence-corrected chi connectivity index (χ4v) is 3.03. The number of rotatable bonds is 4. The molecule has 3 rings (SSSR count). The highest BCUT2D eigenvalue weighted by Crippen LogP contribution is 2.24. The SMILES string of the molecule is O=c1[nH]c2c(OS(=O)(=O)Cc3ccccc3)cccc2o1. The highest BCUT2D eigenvalue weighted by molar-refractivity contribution is 7.86. The molecule has 0 bridgehead atoms. The molecule has 0 amide bonds. The highest BCUT2D eigenvalue weighted by Gasteiger charge is 2.17. The molecule has 108 valence electrons. The first-order valence-electron chi connectivity index (χ1n) is 6.11. The van der Waals surface area contributed by atoms with Gasteiger partial charge in [0, 0.05) is 0 Å². The van der Waals surface area contributed by atoms with Crippen LogP contribution in [0.2, 0.25) is 0 Å². The Balaban J connectivity index is 1.92. The molecule has 1 heterocycles. The number of aromatic nitrogens is 1. The largest absolute Gasteiger partial charge is 0.417 e. The monoisotopic (exact) mass is 305 g/mol. The zero-order valence-electron chi connectivity index (χ0n) is 10.8. The quantitative estimate of drug-likeness (QED) is 0.745. The molecule has 0 aliphatic heterocycles. The van der Waals surface area contributed by atoms with Crippen LogP contribution in [0.25, 0.3) is 11.1 Å². The summed E-state index contributed by atoms with van der Waals surface area (Å²) in [5.41, 5.74) is 1.08. The van der Waals surface area contributed by atoms with Crippen molar-refractivity contribution in [2.75, 3.05) is 0 Å². The number of benzene rings is 2. The smallest absolute Gasteiger partial charge is 0.408 e. The minimum Gasteiger partial charge on any atom is -0.408 e. The molecule has 0 saturated heterocycles. The second-order valence-corrected chi connectivity index (χ2v) is 5.99. The molecule has 1 N–H and O–H groups in total. The van der Waals surface area contributed by atoms with Gasteiger partial charge in [-0.15, -0.1) is 0 Å². The summed E-state index contributed by atoms with van der Waals surface area (Å²) in [6.45, 7) is 0. The summed E-state index contributed by atoms with van der Waals surface area (Å²) in [6.07, 6.45) is 0. The van der Waals surface area contributed by atoms with Gasteiger partial charge in [-0.25, -0.2) is 4.79 Å². The summed E-state index contributed by atoms with van der Waals surface area (Å²) in [4.78, 5) is 13.6. The predicted molar refractivity (Wildman–Crippen MR) is 76.5 cm³/mol. The first-order chi connectivity index (χ1) is 10.0. The normalized spacial score (nSPS) is 11.6. The van der Waals surface area contributed by atoms with Crippen LogP contribution >= 0.6 is 0 Å². The lowest BCUT2D eigenvalue weighted by atomic mass is 10.2. The van der Waals surface area contributed by atoms with Crippen LogP contribution in [0.4, 0.5) is 0 Å². The number of oxazole rings is 1. The molecule has 7 heteroatoms. The van der Waals surface area contributed by atoms with E-state index < -0.39 is 15.9 Å². The topological polar surface area (TPSA) is 89.4 Å². The van der Waals surface area contributed by atoms with Crippen LogP contribution in [0.1, 0.15) is 5.56 Å². The zero-order valence-corrected chi connectivity index (χ0v) is 11.6. The molecule has 21 heavy (non-hydrogen) atoms. The van der Waals surface area contributed by atoms with E-state index in [-0.39, 0.29) is 22.6 Å². The first kappa shape index (κ1) is 13.4. The molecule has 2 aromatic carbocycles. The van der Waals surface area contributed by atoms with Crippen LogP contribution in [0.15, 0.2) is 57.7 Å². The summed E-state index contributed by atoms with van der Waals surface area (Å²) in [7, 11) is -3.83. The molecule has 0 unspecified atom stereocenters. The van der Waals surface area contributed by atoms with Gasteiger partial charge < -0.3 is 8.60 Å². The summed E-state index contributed by atoms with van der Waals surface area (Å²) in [5.74, 6) is -0.887. The second-order valence-electron chi connectivity index (χ2n) is 4.41. The standard InChI is InChI=1S/C14H11NO5S/c16-14-15-13-11(19-14)7-4-8-12(13)20-21(17,18)9-10-5-2-1-3-6-10/h1-8H,9H2,(H,15,16). The Hall–Kier alpha value is -2.54. The van der Waals surface area contributed by atoms with Gasteiger partial charge >= 0.3 is 15.9 Å². The Kier molecular flexibility index (Phi) is 3.26. The molecule has 3 aromatic rings. The summed E-state index contributed by atoms with van der Waals surface area (Å²) < 4.78 is 34.1. The Morgan fingerprint density at radius 2 is 1.81 bits per heavy atom. The number of para-hydroxylation sites is 1. The van der Waals surface area contributed by atoms with Gasteiger partial charge in [-0.3, -0.25) is 4.98 Å². The van der Waals surface area contributed by atoms with Crippen molar-refractivity contribution in [2.45, 2.75) is 5.75 Å². The lowest BCUT2D eigenvalue weighted by Gasteiger charge is -2.07. The minimum atomic E-state index is -3.83. The van der Waals surface area contributed by atoms with Crippen molar-refractivity contribution >= 4 is 21.2 Å². The molecule has 0 atom stereocenters. The average Bonchev–Trinajstić information content (AvgIpc) is 2.80. The van der Waals surface area contributed by atoms with Gasteiger partial charge in [0.05, 0.1) is 0 Å². The number of hydrogen-bond acceptors (Lipinski definition) is 5. The van der Waals surface area contributed by atoms with Crippen molar-refractivity contribution in [2.24, 2.45) is 0 Å². The van der Waals surface area contributed by atoms with Gasteiger partial charge in [0.15, 0.2) is 11.3 Å². The van der Waals surface area contributed by atoms with E-state index >= 15 is 0 Å². The number of H-pyrrole nitrogens is 1. The van der Waals surface area contributed by atoms with Crippen molar-refractivity contribution < 1.29 is 17.0 Å². The van der Waals surface area contributed by atoms with Gasteiger partial charge in [-0.2, -0.15) is 8.42 Å². The molecule has 0 fully saturated rings. The van der Waals surface area contributed by atoms with Crippen LogP contribution in [0.5, 0.6) is 5.75 Å². The van der Waals surface area contributed by atoms with E-state index in [2.05, 4.69) is 4.98 Å². The van der Waals surface area contributed by atoms with E-state index in [0.717, 1.165) is 0 Å². The van der Waals surface area contributed by atoms with Gasteiger partial charge in [0.2, 0.25) is 0 Å². The molecule has 0 spiro atoms. The third kappa shape index (κ3) is 2.97. The minimum absolute atomic E-state index is 0.0364. The van der Waals surface area contributed by atoms with E-state index in [4.69, 9.17) is 8.60 Å². The first-order valence-corrected chi connectivity index (χ1v) is 7.69. The van der Waals surface area contributed by atoms with Gasteiger partial charge in [0.25, 0.3) is 0 Å². The summed E-state index contributed by atoms with van der Waals surface area (Å²) in [5, 5.41) is 0. The maximum absolute atomic E-state index is 12.1. The molecule has 0 radical (unpaired) electrons. The second kappa shape index (κ2) is 5.10. The maximum Gasteiger partial charge on any atom is 0.417 e. The Morgan fingerprint density at radius 3 is 2.57 bits per heavy atom. The fourth-order valence-electron chi connectivity index (χ4n) is 1.96. The lowest BCUT2D eigenvalue weighted by molar-refractivity contribution is 0.487. The number of nitrogens with one attached hydrogen (secondary N) is 1. The van der Waals surface area contributed by atoms with Crippen molar-refractivity contribution in [3.8, 4) is 5.75 Å². The van der Waals surface area contributed by atoms with Crippen molar-refractivity contribution in [1.29, 1.82) is 0 Å². The van der Waals surface area contributed by atoms with E-state index in [1.807, 2.05) is 0 Å². The Bertz CT molecular complexity index is 925. The van der Waals surface area contributed by atoms with Gasteiger partial charge in [-0.1, -0.05) is 36.4 Å². The van der Waals surface area contributed by atoms with Crippen LogP contribution in [0.3, 0.4) is 0 Å². The van der Waals surface area contributed by atoms with Crippen molar-refractivity contribution in [3.05, 3.63) is 64.6 Å². The van der Waals surface area contributed by atoms with Crippen LogP contribution in [-0.2, 0) is 15.9 Å². The lowest BCUT2D eigenvalue weighted by Crippen LogP contribution is -2.12. The van der Waals surface area contributed by atoms with Gasteiger partial charge in [-0.05, 0) is 17.7 Å². The summed E-state index contributed by atoms with van der Waals surface area (Å²) in [6, 6.07) is 13.2. The third-order valence-corrected chi connectivity index (χ3v) is 3.94. The zero-order chi connectivity index (χ0) is 14.9. The molecule has 6 nitrogen and oxygen atoms in total. The van der Waals surface area contributed by atoms with Crippen LogP contribution < -0.4 is 9.94 Å². The van der Waals surface area contributed by atoms with Crippen molar-refractivity contribution in [1.82, 2.24) is 4.98 Å². The van der Waals surface area contributed by atoms with E-state index in [1.165, 1.54) is 6.07 Å². The van der Waals surface area contributed by atoms with E-state index in [0.29, 0.717) is 5.56 Å². The number of fused-ring (bicyclic) bond motifs is 1. The number of hydrogen-bond donors (Lipinski definition) is 1. The predicted octanol–water partition coefficient (Wildman–Crippen LogP) is 2.03. The van der Waals surface area contributed by atoms with Crippen LogP contribution in [-0.4, -0.2) is 13.4 Å². The average molecular weight is 305 g/mol. The molecular formula is C14H11NO5S.